The highest BCUT2D eigenvalue weighted by Gasteiger charge is 2.34. The Bertz CT molecular complexity index is 1860. The van der Waals surface area contributed by atoms with Gasteiger partial charge in [-0.2, -0.15) is 0 Å². The van der Waals surface area contributed by atoms with Crippen LogP contribution in [0, 0.1) is 0 Å². The van der Waals surface area contributed by atoms with E-state index in [-0.39, 0.29) is 19.0 Å². The second-order valence-corrected chi connectivity index (χ2v) is 10.8. The fraction of sp³-hybridized carbons (Fsp3) is 0.194. The Morgan fingerprint density at radius 1 is 1.12 bits per heavy atom. The van der Waals surface area contributed by atoms with Crippen molar-refractivity contribution >= 4 is 35.0 Å². The van der Waals surface area contributed by atoms with Crippen molar-refractivity contribution in [1.29, 1.82) is 0 Å². The lowest BCUT2D eigenvalue weighted by molar-refractivity contribution is -0.139. The number of carbonyl (C=O) groups excluding carboxylic acids is 1. The molecule has 0 N–H and O–H groups in total. The summed E-state index contributed by atoms with van der Waals surface area (Å²) in [6.45, 7) is 4.20. The van der Waals surface area contributed by atoms with Crippen LogP contribution in [0.4, 0.5) is 0 Å². The number of fused-ring (bicyclic) bond motifs is 2. The highest BCUT2D eigenvalue weighted by Crippen LogP contribution is 2.38. The number of halogens is 1. The van der Waals surface area contributed by atoms with E-state index in [0.717, 1.165) is 11.1 Å². The number of nitrogens with zero attached hydrogens (tertiary/aromatic N) is 2. The lowest BCUT2D eigenvalue weighted by Crippen LogP contribution is -2.39. The Morgan fingerprint density at radius 3 is 2.71 bits per heavy atom. The summed E-state index contributed by atoms with van der Waals surface area (Å²) < 4.78 is 24.3. The van der Waals surface area contributed by atoms with Gasteiger partial charge in [0.15, 0.2) is 16.3 Å². The van der Waals surface area contributed by atoms with Crippen molar-refractivity contribution in [1.82, 2.24) is 4.57 Å². The first-order valence-corrected chi connectivity index (χ1v) is 14.2. The van der Waals surface area contributed by atoms with Crippen LogP contribution in [0.15, 0.2) is 87.8 Å². The minimum absolute atomic E-state index is 0.117. The number of allylic oxidation sites excluding steroid dienone is 1. The van der Waals surface area contributed by atoms with Crippen molar-refractivity contribution in [3.8, 4) is 17.2 Å². The smallest absolute Gasteiger partial charge is 0.338 e. The van der Waals surface area contributed by atoms with E-state index in [1.807, 2.05) is 60.7 Å². The molecule has 0 fully saturated rings. The number of thiazole rings is 1. The van der Waals surface area contributed by atoms with Gasteiger partial charge in [-0.25, -0.2) is 9.79 Å². The van der Waals surface area contributed by atoms with Gasteiger partial charge in [0.2, 0.25) is 6.79 Å². The molecule has 0 bridgehead atoms. The fourth-order valence-corrected chi connectivity index (χ4v) is 6.05. The lowest BCUT2D eigenvalue weighted by atomic mass is 9.95. The van der Waals surface area contributed by atoms with Crippen molar-refractivity contribution in [2.45, 2.75) is 26.5 Å². The zero-order valence-corrected chi connectivity index (χ0v) is 23.8. The monoisotopic (exact) mass is 588 g/mol. The molecule has 0 saturated heterocycles. The first kappa shape index (κ1) is 26.9. The van der Waals surface area contributed by atoms with Crippen molar-refractivity contribution in [3.63, 3.8) is 0 Å². The number of esters is 1. The van der Waals surface area contributed by atoms with Gasteiger partial charge >= 0.3 is 5.97 Å². The van der Waals surface area contributed by atoms with E-state index >= 15 is 0 Å². The van der Waals surface area contributed by atoms with Crippen LogP contribution in [-0.2, 0) is 16.1 Å². The average Bonchev–Trinajstić information content (AvgIpc) is 3.55. The third kappa shape index (κ3) is 5.38. The Morgan fingerprint density at radius 2 is 1.93 bits per heavy atom. The Labute approximate surface area is 244 Å². The zero-order chi connectivity index (χ0) is 28.5. The number of rotatable bonds is 7. The summed E-state index contributed by atoms with van der Waals surface area (Å²) >= 11 is 7.32. The predicted molar refractivity (Wildman–Crippen MR) is 155 cm³/mol. The number of benzene rings is 3. The summed E-state index contributed by atoms with van der Waals surface area (Å²) in [7, 11) is 0. The molecule has 2 aliphatic rings. The molecule has 0 saturated carbocycles. The van der Waals surface area contributed by atoms with Crippen LogP contribution in [-0.4, -0.2) is 23.9 Å². The lowest BCUT2D eigenvalue weighted by Gasteiger charge is -2.24. The molecule has 208 valence electrons. The van der Waals surface area contributed by atoms with E-state index in [1.165, 1.54) is 11.3 Å². The number of hydrogen-bond acceptors (Lipinski definition) is 8. The fourth-order valence-electron chi connectivity index (χ4n) is 4.80. The number of hydrogen-bond donors (Lipinski definition) is 0. The molecule has 0 spiro atoms. The van der Waals surface area contributed by atoms with E-state index in [0.29, 0.717) is 55.0 Å². The summed E-state index contributed by atoms with van der Waals surface area (Å²) in [5, 5.41) is 0.660. The summed E-state index contributed by atoms with van der Waals surface area (Å²) in [4.78, 5) is 32.1. The van der Waals surface area contributed by atoms with E-state index < -0.39 is 12.0 Å². The average molecular weight is 589 g/mol. The normalized spacial score (nSPS) is 15.9. The summed E-state index contributed by atoms with van der Waals surface area (Å²) in [5.74, 6) is 1.35. The van der Waals surface area contributed by atoms with Crippen molar-refractivity contribution in [3.05, 3.63) is 119 Å². The molecule has 3 aromatic carbocycles. The van der Waals surface area contributed by atoms with E-state index in [9.17, 15) is 9.59 Å². The third-order valence-corrected chi connectivity index (χ3v) is 7.92. The van der Waals surface area contributed by atoms with Gasteiger partial charge in [-0.3, -0.25) is 9.36 Å². The van der Waals surface area contributed by atoms with Gasteiger partial charge in [0, 0.05) is 5.02 Å². The summed E-state index contributed by atoms with van der Waals surface area (Å²) in [6, 6.07) is 19.7. The zero-order valence-electron chi connectivity index (χ0n) is 22.3. The predicted octanol–water partition coefficient (Wildman–Crippen LogP) is 4.76. The molecular formula is C31H25ClN2O6S. The Hall–Kier alpha value is -4.34. The van der Waals surface area contributed by atoms with Crippen LogP contribution >= 0.6 is 22.9 Å². The number of aromatic nitrogens is 1. The van der Waals surface area contributed by atoms with Gasteiger partial charge in [0.1, 0.15) is 12.4 Å². The molecule has 6 rings (SSSR count). The van der Waals surface area contributed by atoms with Crippen LogP contribution in [0.25, 0.3) is 6.08 Å². The molecule has 0 unspecified atom stereocenters. The van der Waals surface area contributed by atoms with E-state index in [2.05, 4.69) is 4.99 Å². The molecule has 4 aromatic rings. The Balaban J connectivity index is 1.35. The second kappa shape index (κ2) is 11.3. The standard InChI is InChI=1S/C31H25ClN2O6S/c1-3-37-30(36)27-18(2)33-31-34(28(27)21-9-12-24-25(15-21)40-17-39-24)29(35)26(41-31)14-19-7-10-23(11-8-19)38-16-20-5-4-6-22(32)13-20/h4-15,28H,3,16-17H2,1-2H3/b26-14-/t28-/m0/s1. The highest BCUT2D eigenvalue weighted by atomic mass is 35.5. The molecule has 1 atom stereocenters. The van der Waals surface area contributed by atoms with Crippen molar-refractivity contribution in [2.24, 2.45) is 4.99 Å². The van der Waals surface area contributed by atoms with Crippen LogP contribution in [0.3, 0.4) is 0 Å². The molecule has 10 heteroatoms. The minimum Gasteiger partial charge on any atom is -0.489 e. The van der Waals surface area contributed by atoms with Crippen LogP contribution < -0.4 is 29.1 Å². The van der Waals surface area contributed by atoms with Crippen molar-refractivity contribution < 1.29 is 23.7 Å². The maximum absolute atomic E-state index is 13.8. The maximum atomic E-state index is 13.8. The molecule has 0 radical (unpaired) electrons. The summed E-state index contributed by atoms with van der Waals surface area (Å²) in [6.07, 6.45) is 1.81. The molecular weight excluding hydrogens is 564 g/mol. The molecule has 8 nitrogen and oxygen atoms in total. The molecule has 3 heterocycles. The molecule has 2 aliphatic heterocycles. The van der Waals surface area contributed by atoms with Crippen molar-refractivity contribution in [2.75, 3.05) is 13.4 Å². The minimum atomic E-state index is -0.732. The third-order valence-electron chi connectivity index (χ3n) is 6.70. The number of ether oxygens (including phenoxy) is 4. The topological polar surface area (TPSA) is 88.4 Å². The van der Waals surface area contributed by atoms with Gasteiger partial charge < -0.3 is 18.9 Å². The molecule has 41 heavy (non-hydrogen) atoms. The van der Waals surface area contributed by atoms with E-state index in [4.69, 9.17) is 30.5 Å². The quantitative estimate of drug-likeness (QED) is 0.289. The molecule has 0 aliphatic carbocycles. The molecule has 1 aromatic heterocycles. The van der Waals surface area contributed by atoms with E-state index in [1.54, 1.807) is 30.5 Å². The van der Waals surface area contributed by atoms with Crippen LogP contribution in [0.5, 0.6) is 17.2 Å². The van der Waals surface area contributed by atoms with Gasteiger partial charge in [0.05, 0.1) is 28.5 Å². The van der Waals surface area contributed by atoms with Gasteiger partial charge in [-0.05, 0) is 73.0 Å². The first-order valence-electron chi connectivity index (χ1n) is 13.0. The largest absolute Gasteiger partial charge is 0.489 e. The van der Waals surface area contributed by atoms with Gasteiger partial charge in [-0.15, -0.1) is 0 Å². The second-order valence-electron chi connectivity index (χ2n) is 9.40. The van der Waals surface area contributed by atoms with Crippen LogP contribution in [0.2, 0.25) is 5.02 Å². The SMILES string of the molecule is CCOC(=O)C1=C(C)N=c2s/c(=C\c3ccc(OCc4cccc(Cl)c4)cc3)c(=O)n2[C@H]1c1ccc2c(c1)OCO2. The number of carbonyl (C=O) groups is 1. The van der Waals surface area contributed by atoms with Crippen LogP contribution in [0.1, 0.15) is 36.6 Å². The molecule has 0 amide bonds. The highest BCUT2D eigenvalue weighted by molar-refractivity contribution is 7.07. The first-order chi connectivity index (χ1) is 19.9. The van der Waals surface area contributed by atoms with Gasteiger partial charge in [0.25, 0.3) is 5.56 Å². The maximum Gasteiger partial charge on any atom is 0.338 e. The Kier molecular flexibility index (Phi) is 7.38. The van der Waals surface area contributed by atoms with Gasteiger partial charge in [-0.1, -0.05) is 53.3 Å². The summed E-state index contributed by atoms with van der Waals surface area (Å²) in [5.41, 5.74) is 3.04.